The van der Waals surface area contributed by atoms with Crippen LogP contribution in [0.3, 0.4) is 0 Å². The van der Waals surface area contributed by atoms with E-state index >= 15 is 0 Å². The Morgan fingerprint density at radius 3 is 2.74 bits per heavy atom. The van der Waals surface area contributed by atoms with Gasteiger partial charge in [-0.15, -0.1) is 0 Å². The summed E-state index contributed by atoms with van der Waals surface area (Å²) in [5, 5.41) is 4.84. The first-order valence-electron chi connectivity index (χ1n) is 10.0. The zero-order chi connectivity index (χ0) is 18.4. The Kier molecular flexibility index (Phi) is 4.01. The van der Waals surface area contributed by atoms with Crippen LogP contribution >= 0.6 is 0 Å². The van der Waals surface area contributed by atoms with Gasteiger partial charge in [0.25, 0.3) is 0 Å². The fourth-order valence-electron chi connectivity index (χ4n) is 4.60. The van der Waals surface area contributed by atoms with Crippen LogP contribution in [0.25, 0.3) is 33.2 Å². The summed E-state index contributed by atoms with van der Waals surface area (Å²) in [5.41, 5.74) is 8.57. The second kappa shape index (κ2) is 6.54. The molecule has 3 aromatic heterocycles. The van der Waals surface area contributed by atoms with E-state index in [9.17, 15) is 0 Å². The average molecular weight is 358 g/mol. The molecule has 0 atom stereocenters. The fourth-order valence-corrected chi connectivity index (χ4v) is 4.60. The number of aromatic nitrogens is 3. The number of fused-ring (bicyclic) bond motifs is 2. The van der Waals surface area contributed by atoms with E-state index in [-0.39, 0.29) is 0 Å². The summed E-state index contributed by atoms with van der Waals surface area (Å²) in [5.74, 6) is 1.11. The molecule has 1 aromatic carbocycles. The SMILES string of the molecule is CC(C)c1c(-c2c[nH]c3cccnc23)[nH]c2ccc(C3CCNCC3)cc12. The summed E-state index contributed by atoms with van der Waals surface area (Å²) in [4.78, 5) is 11.7. The van der Waals surface area contributed by atoms with Crippen LogP contribution in [0.15, 0.2) is 42.7 Å². The van der Waals surface area contributed by atoms with E-state index in [1.807, 2.05) is 12.3 Å². The first-order valence-corrected chi connectivity index (χ1v) is 10.0. The van der Waals surface area contributed by atoms with Crippen LogP contribution in [0.4, 0.5) is 0 Å². The van der Waals surface area contributed by atoms with Gasteiger partial charge < -0.3 is 15.3 Å². The van der Waals surface area contributed by atoms with Gasteiger partial charge in [-0.2, -0.15) is 0 Å². The molecule has 0 aliphatic carbocycles. The molecule has 0 amide bonds. The lowest BCUT2D eigenvalue weighted by molar-refractivity contribution is 0.460. The number of hydrogen-bond acceptors (Lipinski definition) is 2. The van der Waals surface area contributed by atoms with Crippen LogP contribution in [0.5, 0.6) is 0 Å². The molecule has 4 heterocycles. The maximum atomic E-state index is 4.62. The minimum atomic E-state index is 0.436. The van der Waals surface area contributed by atoms with E-state index < -0.39 is 0 Å². The Morgan fingerprint density at radius 1 is 1.07 bits per heavy atom. The van der Waals surface area contributed by atoms with Crippen molar-refractivity contribution in [1.82, 2.24) is 20.3 Å². The number of hydrogen-bond donors (Lipinski definition) is 3. The Balaban J connectivity index is 1.69. The molecule has 4 heteroatoms. The monoisotopic (exact) mass is 358 g/mol. The number of benzene rings is 1. The molecule has 1 aliphatic rings. The second-order valence-electron chi connectivity index (χ2n) is 8.00. The zero-order valence-electron chi connectivity index (χ0n) is 16.0. The molecule has 0 saturated carbocycles. The van der Waals surface area contributed by atoms with Crippen molar-refractivity contribution in [3.8, 4) is 11.3 Å². The third-order valence-electron chi connectivity index (χ3n) is 5.95. The molecule has 1 fully saturated rings. The van der Waals surface area contributed by atoms with Gasteiger partial charge in [-0.05, 0) is 73.2 Å². The standard InChI is InChI=1S/C23H26N4/c1-14(2)21-17-12-16(15-7-10-24-11-8-15)5-6-19(17)27-23(21)18-13-26-20-4-3-9-25-22(18)20/h3-6,9,12-15,24,26-27H,7-8,10-11H2,1-2H3. The van der Waals surface area contributed by atoms with Gasteiger partial charge >= 0.3 is 0 Å². The lowest BCUT2D eigenvalue weighted by atomic mass is 9.88. The van der Waals surface area contributed by atoms with Crippen molar-refractivity contribution in [2.75, 3.05) is 13.1 Å². The molecule has 138 valence electrons. The zero-order valence-corrected chi connectivity index (χ0v) is 16.0. The normalized spacial score (nSPS) is 16.0. The highest BCUT2D eigenvalue weighted by atomic mass is 14.9. The second-order valence-corrected chi connectivity index (χ2v) is 8.00. The summed E-state index contributed by atoms with van der Waals surface area (Å²) in [6.07, 6.45) is 6.41. The van der Waals surface area contributed by atoms with E-state index in [2.05, 4.69) is 64.6 Å². The van der Waals surface area contributed by atoms with Gasteiger partial charge in [0.2, 0.25) is 0 Å². The number of H-pyrrole nitrogens is 2. The Bertz CT molecular complexity index is 1100. The lowest BCUT2D eigenvalue weighted by Gasteiger charge is -2.23. The molecule has 0 spiro atoms. The van der Waals surface area contributed by atoms with Crippen LogP contribution in [0, 0.1) is 0 Å². The summed E-state index contributed by atoms with van der Waals surface area (Å²) >= 11 is 0. The Hall–Kier alpha value is -2.59. The predicted molar refractivity (Wildman–Crippen MR) is 112 cm³/mol. The maximum absolute atomic E-state index is 4.62. The van der Waals surface area contributed by atoms with Crippen LogP contribution < -0.4 is 5.32 Å². The summed E-state index contributed by atoms with van der Waals surface area (Å²) in [6, 6.07) is 11.1. The van der Waals surface area contributed by atoms with Crippen molar-refractivity contribution in [2.45, 2.75) is 38.5 Å². The van der Waals surface area contributed by atoms with Gasteiger partial charge in [0.15, 0.2) is 0 Å². The molecule has 4 aromatic rings. The maximum Gasteiger partial charge on any atom is 0.0972 e. The topological polar surface area (TPSA) is 56.5 Å². The molecule has 5 rings (SSSR count). The van der Waals surface area contributed by atoms with Crippen molar-refractivity contribution >= 4 is 21.9 Å². The van der Waals surface area contributed by atoms with Gasteiger partial charge in [-0.25, -0.2) is 0 Å². The molecule has 27 heavy (non-hydrogen) atoms. The van der Waals surface area contributed by atoms with Crippen molar-refractivity contribution in [3.05, 3.63) is 53.9 Å². The summed E-state index contributed by atoms with van der Waals surface area (Å²) < 4.78 is 0. The van der Waals surface area contributed by atoms with Gasteiger partial charge in [0, 0.05) is 28.9 Å². The van der Waals surface area contributed by atoms with Gasteiger partial charge in [-0.1, -0.05) is 19.9 Å². The van der Waals surface area contributed by atoms with E-state index in [0.29, 0.717) is 11.8 Å². The van der Waals surface area contributed by atoms with Crippen LogP contribution in [0.1, 0.15) is 49.7 Å². The van der Waals surface area contributed by atoms with Crippen molar-refractivity contribution in [2.24, 2.45) is 0 Å². The quantitative estimate of drug-likeness (QED) is 0.465. The Morgan fingerprint density at radius 2 is 1.93 bits per heavy atom. The van der Waals surface area contributed by atoms with E-state index in [0.717, 1.165) is 29.7 Å². The minimum Gasteiger partial charge on any atom is -0.359 e. The van der Waals surface area contributed by atoms with Crippen LogP contribution in [-0.2, 0) is 0 Å². The van der Waals surface area contributed by atoms with Crippen molar-refractivity contribution in [1.29, 1.82) is 0 Å². The van der Waals surface area contributed by atoms with Gasteiger partial charge in [-0.3, -0.25) is 4.98 Å². The molecule has 0 bridgehead atoms. The van der Waals surface area contributed by atoms with Crippen molar-refractivity contribution in [3.63, 3.8) is 0 Å². The highest BCUT2D eigenvalue weighted by Crippen LogP contribution is 2.39. The highest BCUT2D eigenvalue weighted by molar-refractivity contribution is 5.98. The molecule has 1 aliphatic heterocycles. The number of nitrogens with zero attached hydrogens (tertiary/aromatic N) is 1. The molecule has 0 radical (unpaired) electrons. The summed E-state index contributed by atoms with van der Waals surface area (Å²) in [6.45, 7) is 6.81. The van der Waals surface area contributed by atoms with Crippen LogP contribution in [0.2, 0.25) is 0 Å². The lowest BCUT2D eigenvalue weighted by Crippen LogP contribution is -2.26. The highest BCUT2D eigenvalue weighted by Gasteiger charge is 2.21. The smallest absolute Gasteiger partial charge is 0.0972 e. The molecule has 3 N–H and O–H groups in total. The van der Waals surface area contributed by atoms with E-state index in [4.69, 9.17) is 0 Å². The fraction of sp³-hybridized carbons (Fsp3) is 0.348. The third kappa shape index (κ3) is 2.76. The summed E-state index contributed by atoms with van der Waals surface area (Å²) in [7, 11) is 0. The molecule has 1 saturated heterocycles. The van der Waals surface area contributed by atoms with E-state index in [1.54, 1.807) is 0 Å². The predicted octanol–water partition coefficient (Wildman–Crippen LogP) is 5.30. The number of piperidine rings is 1. The molecular weight excluding hydrogens is 332 g/mol. The first kappa shape index (κ1) is 16.6. The number of nitrogens with one attached hydrogen (secondary N) is 3. The van der Waals surface area contributed by atoms with Crippen molar-refractivity contribution < 1.29 is 0 Å². The molecule has 4 nitrogen and oxygen atoms in total. The number of pyridine rings is 1. The number of rotatable bonds is 3. The average Bonchev–Trinajstić information content (AvgIpc) is 3.29. The number of aromatic amines is 2. The van der Waals surface area contributed by atoms with Gasteiger partial charge in [0.05, 0.1) is 16.7 Å². The Labute approximate surface area is 159 Å². The molecular formula is C23H26N4. The minimum absolute atomic E-state index is 0.436. The van der Waals surface area contributed by atoms with E-state index in [1.165, 1.54) is 40.6 Å². The third-order valence-corrected chi connectivity index (χ3v) is 5.95. The molecule has 0 unspecified atom stereocenters. The van der Waals surface area contributed by atoms with Gasteiger partial charge in [0.1, 0.15) is 0 Å². The van der Waals surface area contributed by atoms with Crippen LogP contribution in [-0.4, -0.2) is 28.0 Å². The first-order chi connectivity index (χ1) is 13.2. The largest absolute Gasteiger partial charge is 0.359 e.